The van der Waals surface area contributed by atoms with Gasteiger partial charge in [0.05, 0.1) is 0 Å². The second-order valence-corrected chi connectivity index (χ2v) is 8.62. The summed E-state index contributed by atoms with van der Waals surface area (Å²) in [4.78, 5) is 41.2. The molecule has 6 heteroatoms. The first kappa shape index (κ1) is 20.2. The summed E-state index contributed by atoms with van der Waals surface area (Å²) in [5.41, 5.74) is 0. The first-order valence-electron chi connectivity index (χ1n) is 10.9. The summed E-state index contributed by atoms with van der Waals surface area (Å²) in [5, 5.41) is 2.86. The van der Waals surface area contributed by atoms with Gasteiger partial charge in [-0.25, -0.2) is 0 Å². The largest absolute Gasteiger partial charge is 0.345 e. The highest BCUT2D eigenvalue weighted by Gasteiger charge is 2.34. The van der Waals surface area contributed by atoms with Crippen molar-refractivity contribution in [2.45, 2.75) is 77.2 Å². The quantitative estimate of drug-likeness (QED) is 0.799. The van der Waals surface area contributed by atoms with Crippen molar-refractivity contribution in [1.82, 2.24) is 15.1 Å². The van der Waals surface area contributed by atoms with Crippen LogP contribution in [0.4, 0.5) is 0 Å². The first-order valence-corrected chi connectivity index (χ1v) is 10.9. The Bertz CT molecular complexity index is 531. The van der Waals surface area contributed by atoms with Gasteiger partial charge in [-0.05, 0) is 38.0 Å². The van der Waals surface area contributed by atoms with Gasteiger partial charge in [0, 0.05) is 39.0 Å². The molecule has 3 amide bonds. The van der Waals surface area contributed by atoms with Crippen LogP contribution in [0.15, 0.2) is 0 Å². The Hall–Kier alpha value is -1.59. The number of nitrogens with one attached hydrogen (secondary N) is 1. The molecule has 3 fully saturated rings. The van der Waals surface area contributed by atoms with Crippen LogP contribution in [0.3, 0.4) is 0 Å². The maximum Gasteiger partial charge on any atom is 0.245 e. The summed E-state index contributed by atoms with van der Waals surface area (Å²) in [6.07, 6.45) is 10.5. The minimum absolute atomic E-state index is 0.0396. The number of likely N-dealkylation sites (tertiary alicyclic amines) is 2. The molecular formula is C21H35N3O3. The molecule has 0 aromatic rings. The molecule has 6 nitrogen and oxygen atoms in total. The second kappa shape index (κ2) is 9.56. The lowest BCUT2D eigenvalue weighted by atomic mass is 9.80. The zero-order chi connectivity index (χ0) is 19.2. The Kier molecular flexibility index (Phi) is 7.13. The highest BCUT2D eigenvalue weighted by Crippen LogP contribution is 2.31. The molecule has 3 aliphatic rings. The smallest absolute Gasteiger partial charge is 0.245 e. The van der Waals surface area contributed by atoms with Gasteiger partial charge in [0.25, 0.3) is 0 Å². The zero-order valence-electron chi connectivity index (χ0n) is 16.8. The summed E-state index contributed by atoms with van der Waals surface area (Å²) >= 11 is 0. The van der Waals surface area contributed by atoms with Gasteiger partial charge in [-0.15, -0.1) is 0 Å². The highest BCUT2D eigenvalue weighted by atomic mass is 16.2. The maximum atomic E-state index is 12.9. The maximum absolute atomic E-state index is 12.9. The lowest BCUT2D eigenvalue weighted by Gasteiger charge is -2.37. The van der Waals surface area contributed by atoms with E-state index in [0.29, 0.717) is 19.0 Å². The van der Waals surface area contributed by atoms with Crippen LogP contribution >= 0.6 is 0 Å². The van der Waals surface area contributed by atoms with E-state index in [9.17, 15) is 14.4 Å². The number of hydrogen-bond donors (Lipinski definition) is 1. The van der Waals surface area contributed by atoms with Gasteiger partial charge in [-0.2, -0.15) is 0 Å². The van der Waals surface area contributed by atoms with Gasteiger partial charge in [-0.1, -0.05) is 32.1 Å². The topological polar surface area (TPSA) is 69.7 Å². The van der Waals surface area contributed by atoms with Crippen LogP contribution in [-0.4, -0.2) is 59.7 Å². The van der Waals surface area contributed by atoms with Crippen LogP contribution in [0.2, 0.25) is 0 Å². The first-order chi connectivity index (χ1) is 13.0. The van der Waals surface area contributed by atoms with E-state index in [1.165, 1.54) is 26.2 Å². The molecule has 3 rings (SSSR count). The third-order valence-corrected chi connectivity index (χ3v) is 6.54. The molecule has 0 aromatic carbocycles. The van der Waals surface area contributed by atoms with Gasteiger partial charge in [0.1, 0.15) is 6.04 Å². The molecule has 0 bridgehead atoms. The Labute approximate surface area is 163 Å². The monoisotopic (exact) mass is 377 g/mol. The molecule has 27 heavy (non-hydrogen) atoms. The highest BCUT2D eigenvalue weighted by molar-refractivity contribution is 5.87. The third kappa shape index (κ3) is 5.45. The number of nitrogens with zero attached hydrogens (tertiary/aromatic N) is 2. The Balaban J connectivity index is 1.50. The summed E-state index contributed by atoms with van der Waals surface area (Å²) in [7, 11) is 0. The van der Waals surface area contributed by atoms with E-state index in [1.807, 2.05) is 9.80 Å². The molecule has 0 unspecified atom stereocenters. The van der Waals surface area contributed by atoms with E-state index >= 15 is 0 Å². The molecule has 2 saturated heterocycles. The molecule has 1 N–H and O–H groups in total. The van der Waals surface area contributed by atoms with Crippen LogP contribution in [0, 0.1) is 11.8 Å². The Morgan fingerprint density at radius 3 is 2.00 bits per heavy atom. The van der Waals surface area contributed by atoms with Crippen molar-refractivity contribution in [2.75, 3.05) is 26.2 Å². The van der Waals surface area contributed by atoms with Crippen LogP contribution in [0.1, 0.15) is 71.1 Å². The van der Waals surface area contributed by atoms with Crippen LogP contribution in [0.25, 0.3) is 0 Å². The van der Waals surface area contributed by atoms with E-state index in [2.05, 4.69) is 5.32 Å². The number of carbonyl (C=O) groups is 3. The summed E-state index contributed by atoms with van der Waals surface area (Å²) in [6, 6.07) is -0.398. The minimum atomic E-state index is -0.398. The zero-order valence-corrected chi connectivity index (χ0v) is 16.8. The Morgan fingerprint density at radius 2 is 1.48 bits per heavy atom. The number of amides is 3. The standard InChI is InChI=1S/C21H35N3O3/c1-16(25)22-19(15-17-7-6-8-17)21(27)24-13-9-18(10-14-24)20(26)23-11-4-2-3-5-12-23/h17-19H,2-15H2,1H3,(H,22,25)/t19-/m1/s1. The summed E-state index contributed by atoms with van der Waals surface area (Å²) in [5.74, 6) is 0.805. The van der Waals surface area contributed by atoms with Crippen molar-refractivity contribution in [3.8, 4) is 0 Å². The summed E-state index contributed by atoms with van der Waals surface area (Å²) < 4.78 is 0. The third-order valence-electron chi connectivity index (χ3n) is 6.54. The van der Waals surface area contributed by atoms with Crippen molar-refractivity contribution in [3.05, 3.63) is 0 Å². The Morgan fingerprint density at radius 1 is 0.852 bits per heavy atom. The van der Waals surface area contributed by atoms with Crippen molar-refractivity contribution < 1.29 is 14.4 Å². The molecule has 1 aliphatic carbocycles. The molecule has 1 saturated carbocycles. The lowest BCUT2D eigenvalue weighted by Crippen LogP contribution is -2.52. The van der Waals surface area contributed by atoms with Gasteiger partial charge in [-0.3, -0.25) is 14.4 Å². The molecule has 0 radical (unpaired) electrons. The molecule has 0 spiro atoms. The summed E-state index contributed by atoms with van der Waals surface area (Å²) in [6.45, 7) is 4.52. The predicted molar refractivity (Wildman–Crippen MR) is 104 cm³/mol. The SMILES string of the molecule is CC(=O)N[C@H](CC1CCC1)C(=O)N1CCC(C(=O)N2CCCCCC2)CC1. The number of rotatable bonds is 5. The molecule has 152 valence electrons. The van der Waals surface area contributed by atoms with Gasteiger partial charge < -0.3 is 15.1 Å². The van der Waals surface area contributed by atoms with Crippen molar-refractivity contribution in [1.29, 1.82) is 0 Å². The van der Waals surface area contributed by atoms with E-state index in [0.717, 1.165) is 58.0 Å². The van der Waals surface area contributed by atoms with E-state index in [1.54, 1.807) is 0 Å². The minimum Gasteiger partial charge on any atom is -0.345 e. The predicted octanol–water partition coefficient (Wildman–Crippen LogP) is 2.32. The average Bonchev–Trinajstić information content (AvgIpc) is 2.91. The van der Waals surface area contributed by atoms with Crippen molar-refractivity contribution in [2.24, 2.45) is 11.8 Å². The van der Waals surface area contributed by atoms with Crippen LogP contribution in [-0.2, 0) is 14.4 Å². The van der Waals surface area contributed by atoms with Gasteiger partial charge in [0.2, 0.25) is 17.7 Å². The fourth-order valence-corrected chi connectivity index (χ4v) is 4.65. The lowest BCUT2D eigenvalue weighted by molar-refractivity contribution is -0.142. The van der Waals surface area contributed by atoms with Crippen LogP contribution < -0.4 is 5.32 Å². The molecule has 2 aliphatic heterocycles. The molecule has 1 atom stereocenters. The average molecular weight is 378 g/mol. The van der Waals surface area contributed by atoms with Crippen molar-refractivity contribution >= 4 is 17.7 Å². The van der Waals surface area contributed by atoms with Crippen LogP contribution in [0.5, 0.6) is 0 Å². The van der Waals surface area contributed by atoms with Gasteiger partial charge in [0.15, 0.2) is 0 Å². The van der Waals surface area contributed by atoms with E-state index in [4.69, 9.17) is 0 Å². The molecule has 2 heterocycles. The normalized spacial score (nSPS) is 23.3. The number of hydrogen-bond acceptors (Lipinski definition) is 3. The fraction of sp³-hybridized carbons (Fsp3) is 0.857. The number of carbonyl (C=O) groups excluding carboxylic acids is 3. The molecular weight excluding hydrogens is 342 g/mol. The number of piperidine rings is 1. The van der Waals surface area contributed by atoms with Crippen molar-refractivity contribution in [3.63, 3.8) is 0 Å². The second-order valence-electron chi connectivity index (χ2n) is 8.62. The van der Waals surface area contributed by atoms with E-state index < -0.39 is 6.04 Å². The van der Waals surface area contributed by atoms with E-state index in [-0.39, 0.29) is 23.6 Å². The van der Waals surface area contributed by atoms with Gasteiger partial charge >= 0.3 is 0 Å². The fourth-order valence-electron chi connectivity index (χ4n) is 4.65. The molecule has 0 aromatic heterocycles.